The molecule has 0 radical (unpaired) electrons. The standard InChI is InChI=1S/C20H18FN5O/c1-10-5-18(27)14(21)7-13(10)11-3-4-12-15(6-11)24-25-19(12)20-22-16-8-26(2)9-17(16)23-20/h3-7,27H,8-9H2,1-2H3,(H,22,23)(H,24,25)/i1D3. The summed E-state index contributed by atoms with van der Waals surface area (Å²) in [5.41, 5.74) is 3.99. The van der Waals surface area contributed by atoms with Crippen LogP contribution in [0, 0.1) is 12.7 Å². The van der Waals surface area contributed by atoms with E-state index in [1.807, 2.05) is 7.05 Å². The molecule has 7 heteroatoms. The van der Waals surface area contributed by atoms with Crippen molar-refractivity contribution in [3.05, 3.63) is 53.1 Å². The second-order valence-electron chi connectivity index (χ2n) is 6.86. The molecule has 5 rings (SSSR count). The summed E-state index contributed by atoms with van der Waals surface area (Å²) in [6.45, 7) is -0.918. The van der Waals surface area contributed by atoms with Crippen LogP contribution in [0.25, 0.3) is 33.5 Å². The van der Waals surface area contributed by atoms with Gasteiger partial charge in [0.05, 0.1) is 16.9 Å². The van der Waals surface area contributed by atoms with Crippen LogP contribution in [0.4, 0.5) is 4.39 Å². The maximum atomic E-state index is 14.0. The lowest BCUT2D eigenvalue weighted by Crippen LogP contribution is -2.09. The Morgan fingerprint density at radius 1 is 1.26 bits per heavy atom. The molecule has 3 heterocycles. The number of benzene rings is 2. The Balaban J connectivity index is 1.60. The van der Waals surface area contributed by atoms with Gasteiger partial charge in [-0.15, -0.1) is 0 Å². The highest BCUT2D eigenvalue weighted by molar-refractivity contribution is 5.94. The van der Waals surface area contributed by atoms with Crippen molar-refractivity contribution in [2.45, 2.75) is 19.9 Å². The second-order valence-corrected chi connectivity index (χ2v) is 6.86. The lowest BCUT2D eigenvalue weighted by molar-refractivity contribution is 0.347. The second kappa shape index (κ2) is 5.65. The molecule has 136 valence electrons. The van der Waals surface area contributed by atoms with Crippen molar-refractivity contribution in [2.75, 3.05) is 7.05 Å². The lowest BCUT2D eigenvalue weighted by Gasteiger charge is -2.08. The van der Waals surface area contributed by atoms with Crippen molar-refractivity contribution in [2.24, 2.45) is 0 Å². The number of aromatic hydroxyl groups is 1. The molecule has 0 saturated heterocycles. The van der Waals surface area contributed by atoms with Gasteiger partial charge in [0.2, 0.25) is 0 Å². The molecule has 0 unspecified atom stereocenters. The van der Waals surface area contributed by atoms with Gasteiger partial charge in [-0.3, -0.25) is 10.00 Å². The third-order valence-electron chi connectivity index (χ3n) is 4.90. The number of phenols is 1. The highest BCUT2D eigenvalue weighted by Crippen LogP contribution is 2.33. The summed E-state index contributed by atoms with van der Waals surface area (Å²) in [6.07, 6.45) is 0. The third-order valence-corrected chi connectivity index (χ3v) is 4.90. The fraction of sp³-hybridized carbons (Fsp3) is 0.200. The molecule has 3 N–H and O–H groups in total. The van der Waals surface area contributed by atoms with Gasteiger partial charge in [-0.05, 0) is 54.9 Å². The van der Waals surface area contributed by atoms with E-state index in [9.17, 15) is 9.50 Å². The van der Waals surface area contributed by atoms with Gasteiger partial charge in [0.1, 0.15) is 5.69 Å². The molecule has 0 atom stereocenters. The summed E-state index contributed by atoms with van der Waals surface area (Å²) in [6, 6.07) is 7.24. The van der Waals surface area contributed by atoms with E-state index >= 15 is 0 Å². The molecule has 0 fully saturated rings. The molecule has 0 aliphatic carbocycles. The summed E-state index contributed by atoms with van der Waals surface area (Å²) in [5.74, 6) is -0.893. The van der Waals surface area contributed by atoms with Gasteiger partial charge in [0, 0.05) is 22.6 Å². The number of nitrogens with zero attached hydrogens (tertiary/aromatic N) is 3. The molecular formula is C20H18FN5O. The molecule has 27 heavy (non-hydrogen) atoms. The van der Waals surface area contributed by atoms with E-state index < -0.39 is 18.4 Å². The van der Waals surface area contributed by atoms with Gasteiger partial charge in [-0.25, -0.2) is 9.37 Å². The van der Waals surface area contributed by atoms with E-state index in [1.54, 1.807) is 18.2 Å². The minimum Gasteiger partial charge on any atom is -0.505 e. The first-order chi connectivity index (χ1) is 14.2. The number of imidazole rings is 1. The number of halogens is 1. The van der Waals surface area contributed by atoms with Crippen LogP contribution in [0.5, 0.6) is 5.75 Å². The number of aromatic nitrogens is 4. The van der Waals surface area contributed by atoms with E-state index in [-0.39, 0.29) is 11.1 Å². The van der Waals surface area contributed by atoms with Crippen LogP contribution in [0.3, 0.4) is 0 Å². The Labute approximate surface area is 158 Å². The van der Waals surface area contributed by atoms with Crippen LogP contribution in [-0.4, -0.2) is 37.2 Å². The number of hydrogen-bond acceptors (Lipinski definition) is 4. The van der Waals surface area contributed by atoms with Gasteiger partial charge in [-0.2, -0.15) is 5.10 Å². The lowest BCUT2D eigenvalue weighted by atomic mass is 9.98. The summed E-state index contributed by atoms with van der Waals surface area (Å²) in [7, 11) is 2.03. The van der Waals surface area contributed by atoms with E-state index in [4.69, 9.17) is 4.11 Å². The van der Waals surface area contributed by atoms with Crippen LogP contribution in [0.15, 0.2) is 30.3 Å². The van der Waals surface area contributed by atoms with Crippen LogP contribution < -0.4 is 0 Å². The Bertz CT molecular complexity index is 1270. The average molecular weight is 366 g/mol. The first-order valence-electron chi connectivity index (χ1n) is 9.99. The zero-order valence-electron chi connectivity index (χ0n) is 17.5. The zero-order valence-corrected chi connectivity index (χ0v) is 14.5. The van der Waals surface area contributed by atoms with Crippen molar-refractivity contribution in [3.8, 4) is 28.4 Å². The monoisotopic (exact) mass is 366 g/mol. The van der Waals surface area contributed by atoms with E-state index in [0.29, 0.717) is 22.6 Å². The van der Waals surface area contributed by atoms with Gasteiger partial charge in [-0.1, -0.05) is 6.07 Å². The summed E-state index contributed by atoms with van der Waals surface area (Å²) in [4.78, 5) is 10.1. The number of fused-ring (bicyclic) bond motifs is 2. The fourth-order valence-electron chi connectivity index (χ4n) is 3.57. The molecule has 0 bridgehead atoms. The molecule has 1 aliphatic rings. The van der Waals surface area contributed by atoms with Gasteiger partial charge < -0.3 is 10.1 Å². The molecule has 0 amide bonds. The highest BCUT2D eigenvalue weighted by Gasteiger charge is 2.22. The van der Waals surface area contributed by atoms with Gasteiger partial charge >= 0.3 is 0 Å². The summed E-state index contributed by atoms with van der Waals surface area (Å²) < 4.78 is 37.2. The maximum Gasteiger partial charge on any atom is 0.165 e. The fourth-order valence-corrected chi connectivity index (χ4v) is 3.57. The predicted octanol–water partition coefficient (Wildman–Crippen LogP) is 3.72. The van der Waals surface area contributed by atoms with Gasteiger partial charge in [0.25, 0.3) is 0 Å². The Morgan fingerprint density at radius 3 is 2.96 bits per heavy atom. The van der Waals surface area contributed by atoms with E-state index in [1.165, 1.54) is 0 Å². The molecule has 2 aromatic heterocycles. The van der Waals surface area contributed by atoms with Crippen LogP contribution in [-0.2, 0) is 13.1 Å². The Kier molecular flexibility index (Phi) is 2.73. The summed E-state index contributed by atoms with van der Waals surface area (Å²) >= 11 is 0. The summed E-state index contributed by atoms with van der Waals surface area (Å²) in [5, 5.41) is 17.8. The molecular weight excluding hydrogens is 345 g/mol. The topological polar surface area (TPSA) is 80.8 Å². The molecule has 0 saturated carbocycles. The maximum absolute atomic E-state index is 14.0. The van der Waals surface area contributed by atoms with Crippen molar-refractivity contribution < 1.29 is 13.6 Å². The Hall–Kier alpha value is -3.19. The van der Waals surface area contributed by atoms with Crippen LogP contribution in [0.2, 0.25) is 0 Å². The van der Waals surface area contributed by atoms with Crippen molar-refractivity contribution in [1.82, 2.24) is 25.1 Å². The number of rotatable bonds is 2. The van der Waals surface area contributed by atoms with Gasteiger partial charge in [0.15, 0.2) is 17.4 Å². The third kappa shape index (κ3) is 2.50. The quantitative estimate of drug-likeness (QED) is 0.505. The molecule has 6 nitrogen and oxygen atoms in total. The number of aryl methyl sites for hydroxylation is 1. The number of phenolic OH excluding ortho intramolecular Hbond substituents is 1. The normalized spacial score (nSPS) is 16.3. The number of nitrogens with one attached hydrogen (secondary N) is 2. The van der Waals surface area contributed by atoms with Crippen molar-refractivity contribution in [3.63, 3.8) is 0 Å². The molecule has 1 aliphatic heterocycles. The predicted molar refractivity (Wildman–Crippen MR) is 101 cm³/mol. The van der Waals surface area contributed by atoms with Crippen LogP contribution in [0.1, 0.15) is 21.1 Å². The van der Waals surface area contributed by atoms with E-state index in [0.717, 1.165) is 42.0 Å². The minimum absolute atomic E-state index is 0.118. The van der Waals surface area contributed by atoms with Crippen molar-refractivity contribution in [1.29, 1.82) is 0 Å². The number of aromatic amines is 2. The number of hydrogen-bond donors (Lipinski definition) is 3. The molecule has 0 spiro atoms. The van der Waals surface area contributed by atoms with Crippen LogP contribution >= 0.6 is 0 Å². The minimum atomic E-state index is -2.50. The Morgan fingerprint density at radius 2 is 2.15 bits per heavy atom. The SMILES string of the molecule is [2H]C([2H])([2H])c1cc(O)c(F)cc1-c1ccc2c(-c3nc4c([nH]3)CN(C)C4)n[nH]c2c1. The molecule has 2 aromatic carbocycles. The first kappa shape index (κ1) is 13.1. The molecule has 4 aromatic rings. The van der Waals surface area contributed by atoms with E-state index in [2.05, 4.69) is 25.1 Å². The number of H-pyrrole nitrogens is 2. The zero-order chi connectivity index (χ0) is 21.2. The average Bonchev–Trinajstić information content (AvgIpc) is 3.34. The highest BCUT2D eigenvalue weighted by atomic mass is 19.1. The largest absolute Gasteiger partial charge is 0.505 e. The van der Waals surface area contributed by atoms with Crippen molar-refractivity contribution >= 4 is 10.9 Å². The first-order valence-corrected chi connectivity index (χ1v) is 8.49. The smallest absolute Gasteiger partial charge is 0.165 e.